The quantitative estimate of drug-likeness (QED) is 0.155. The highest BCUT2D eigenvalue weighted by Crippen LogP contribution is 2.44. The Bertz CT molecular complexity index is 1450. The molecule has 0 saturated heterocycles. The molecule has 0 radical (unpaired) electrons. The Hall–Kier alpha value is -2.98. The van der Waals surface area contributed by atoms with Crippen LogP contribution in [0.3, 0.4) is 0 Å². The van der Waals surface area contributed by atoms with Crippen molar-refractivity contribution in [3.63, 3.8) is 0 Å². The van der Waals surface area contributed by atoms with E-state index < -0.39 is 0 Å². The average Bonchev–Trinajstić information content (AvgIpc) is 2.92. The molecule has 0 amide bonds. The van der Waals surface area contributed by atoms with Crippen molar-refractivity contribution in [2.45, 2.75) is 36.0 Å². The van der Waals surface area contributed by atoms with Gasteiger partial charge in [0, 0.05) is 27.8 Å². The Morgan fingerprint density at radius 2 is 1.61 bits per heavy atom. The summed E-state index contributed by atoms with van der Waals surface area (Å²) in [4.78, 5) is 2.34. The van der Waals surface area contributed by atoms with Crippen LogP contribution in [0.25, 0.3) is 16.8 Å². The van der Waals surface area contributed by atoms with Gasteiger partial charge in [0.1, 0.15) is 0 Å². The third kappa shape index (κ3) is 4.59. The Balaban J connectivity index is 1.71. The van der Waals surface area contributed by atoms with Gasteiger partial charge in [0.15, 0.2) is 0 Å². The third-order valence-corrected chi connectivity index (χ3v) is 10.3. The van der Waals surface area contributed by atoms with E-state index in [1.807, 2.05) is 0 Å². The van der Waals surface area contributed by atoms with Crippen molar-refractivity contribution in [2.24, 2.45) is 0 Å². The summed E-state index contributed by atoms with van der Waals surface area (Å²) in [7, 11) is 2.19. The maximum absolute atomic E-state index is 4.61. The van der Waals surface area contributed by atoms with E-state index >= 15 is 0 Å². The second-order valence-corrected chi connectivity index (χ2v) is 12.1. The van der Waals surface area contributed by atoms with Crippen molar-refractivity contribution < 1.29 is 0 Å². The van der Waals surface area contributed by atoms with Crippen molar-refractivity contribution >= 4 is 47.8 Å². The van der Waals surface area contributed by atoms with E-state index in [0.717, 1.165) is 12.8 Å². The normalized spacial score (nSPS) is 16.6. The number of fused-ring (bicyclic) bond motifs is 2. The Kier molecular flexibility index (Phi) is 7.25. The van der Waals surface area contributed by atoms with Crippen LogP contribution in [0.15, 0.2) is 109 Å². The van der Waals surface area contributed by atoms with Gasteiger partial charge >= 0.3 is 0 Å². The first-order chi connectivity index (χ1) is 17.5. The fraction of sp³-hybridized carbons (Fsp3) is 0.206. The van der Waals surface area contributed by atoms with Crippen molar-refractivity contribution in [3.8, 4) is 0 Å². The molecule has 2 unspecified atom stereocenters. The van der Waals surface area contributed by atoms with E-state index in [0.29, 0.717) is 3.92 Å². The van der Waals surface area contributed by atoms with Crippen LogP contribution in [0.4, 0.5) is 5.69 Å². The lowest BCUT2D eigenvalue weighted by Crippen LogP contribution is -2.37. The molecule has 1 aliphatic rings. The zero-order valence-electron chi connectivity index (χ0n) is 21.4. The minimum atomic E-state index is -0.349. The number of hydrogen-bond donors (Lipinski definition) is 0. The fourth-order valence-corrected chi connectivity index (χ4v) is 7.83. The van der Waals surface area contributed by atoms with Gasteiger partial charge in [0.25, 0.3) is 0 Å². The number of para-hydroxylation sites is 1. The molecule has 0 bridgehead atoms. The van der Waals surface area contributed by atoms with Gasteiger partial charge in [-0.05, 0) is 64.1 Å². The first-order valence-corrected chi connectivity index (χ1v) is 15.5. The van der Waals surface area contributed by atoms with Crippen LogP contribution in [-0.4, -0.2) is 15.5 Å². The SMILES string of the molecule is C=IC(/C=C1\C=Cc2ccccc2N1C)C(C)(Cc1ccccc1)c1c(CC)ccc2ccccc12. The lowest BCUT2D eigenvalue weighted by atomic mass is 9.70. The summed E-state index contributed by atoms with van der Waals surface area (Å²) in [6.07, 6.45) is 9.07. The smallest absolute Gasteiger partial charge is 0.0481 e. The first-order valence-electron chi connectivity index (χ1n) is 12.7. The molecule has 0 spiro atoms. The van der Waals surface area contributed by atoms with E-state index in [2.05, 4.69) is 140 Å². The number of anilines is 1. The minimum absolute atomic E-state index is 0.0821. The Labute approximate surface area is 225 Å². The van der Waals surface area contributed by atoms with Crippen LogP contribution in [0, 0.1) is 0 Å². The van der Waals surface area contributed by atoms with Crippen LogP contribution in [-0.2, 0) is 18.3 Å². The summed E-state index contributed by atoms with van der Waals surface area (Å²) in [6, 6.07) is 33.2. The molecule has 5 rings (SSSR count). The number of nitrogens with zero attached hydrogens (tertiary/aromatic N) is 1. The predicted molar refractivity (Wildman–Crippen MR) is 168 cm³/mol. The fourth-order valence-electron chi connectivity index (χ4n) is 5.71. The zero-order valence-corrected chi connectivity index (χ0v) is 23.6. The summed E-state index contributed by atoms with van der Waals surface area (Å²) in [5, 5.41) is 2.70. The highest BCUT2D eigenvalue weighted by Gasteiger charge is 2.37. The number of halogens is 1. The summed E-state index contributed by atoms with van der Waals surface area (Å²) < 4.78 is 4.97. The third-order valence-electron chi connectivity index (χ3n) is 7.59. The monoisotopic (exact) mass is 583 g/mol. The van der Waals surface area contributed by atoms with Crippen molar-refractivity contribution in [2.75, 3.05) is 11.9 Å². The molecular weight excluding hydrogens is 549 g/mol. The molecule has 2 heteroatoms. The second-order valence-electron chi connectivity index (χ2n) is 9.85. The maximum Gasteiger partial charge on any atom is 0.0481 e. The van der Waals surface area contributed by atoms with E-state index in [1.54, 1.807) is 0 Å². The number of hydrogen-bond acceptors (Lipinski definition) is 1. The van der Waals surface area contributed by atoms with Crippen LogP contribution >= 0.6 is 20.7 Å². The highest BCUT2D eigenvalue weighted by molar-refractivity contribution is 14.2. The van der Waals surface area contributed by atoms with Gasteiger partial charge in [0.05, 0.1) is 0 Å². The zero-order chi connectivity index (χ0) is 25.1. The summed E-state index contributed by atoms with van der Waals surface area (Å²) in [5.74, 6) is 0. The van der Waals surface area contributed by atoms with Gasteiger partial charge in [-0.1, -0.05) is 109 Å². The average molecular weight is 584 g/mol. The Morgan fingerprint density at radius 3 is 2.39 bits per heavy atom. The molecule has 4 aromatic rings. The van der Waals surface area contributed by atoms with Crippen molar-refractivity contribution in [3.05, 3.63) is 131 Å². The topological polar surface area (TPSA) is 3.24 Å². The van der Waals surface area contributed by atoms with Gasteiger partial charge in [-0.15, -0.1) is 20.7 Å². The van der Waals surface area contributed by atoms with Gasteiger partial charge in [0.2, 0.25) is 0 Å². The van der Waals surface area contributed by atoms with Crippen molar-refractivity contribution in [1.82, 2.24) is 0 Å². The molecule has 0 aliphatic carbocycles. The summed E-state index contributed by atoms with van der Waals surface area (Å²) >= 11 is -0.349. The first kappa shape index (κ1) is 24.7. The van der Waals surface area contributed by atoms with Gasteiger partial charge in [-0.2, -0.15) is 0 Å². The van der Waals surface area contributed by atoms with Crippen molar-refractivity contribution in [1.29, 1.82) is 0 Å². The second kappa shape index (κ2) is 10.6. The highest BCUT2D eigenvalue weighted by atomic mass is 127. The number of rotatable bonds is 7. The number of benzene rings is 4. The molecule has 0 fully saturated rings. The largest absolute Gasteiger partial charge is 0.344 e. The maximum atomic E-state index is 4.61. The molecule has 36 heavy (non-hydrogen) atoms. The molecule has 0 saturated carbocycles. The van der Waals surface area contributed by atoms with Crippen LogP contribution < -0.4 is 4.90 Å². The van der Waals surface area contributed by atoms with Crippen LogP contribution in [0.2, 0.25) is 0 Å². The standard InChI is InChI=1S/C34H34IN/c1-5-26-19-20-27-15-9-11-17-30(27)33(26)34(2,24-25-13-7-6-8-14-25)32(35-3)23-29-22-21-28-16-10-12-18-31(28)36(29)4/h6-23,32H,3,5,24H2,1-2,4H3/b29-23+. The van der Waals surface area contributed by atoms with E-state index in [4.69, 9.17) is 0 Å². The molecule has 1 aliphatic heterocycles. The van der Waals surface area contributed by atoms with Gasteiger partial charge < -0.3 is 4.90 Å². The molecule has 1 heterocycles. The van der Waals surface area contributed by atoms with E-state index in [-0.39, 0.29) is 26.1 Å². The molecule has 0 N–H and O–H groups in total. The van der Waals surface area contributed by atoms with E-state index in [9.17, 15) is 0 Å². The predicted octanol–water partition coefficient (Wildman–Crippen LogP) is 8.72. The summed E-state index contributed by atoms with van der Waals surface area (Å²) in [5.41, 5.74) is 8.05. The number of likely N-dealkylation sites (N-methyl/N-ethyl adjacent to an activating group) is 1. The van der Waals surface area contributed by atoms with E-state index in [1.165, 1.54) is 44.4 Å². The van der Waals surface area contributed by atoms with Gasteiger partial charge in [-0.25, -0.2) is 0 Å². The lowest BCUT2D eigenvalue weighted by Gasteiger charge is -2.39. The van der Waals surface area contributed by atoms with Crippen LogP contribution in [0.5, 0.6) is 0 Å². The molecule has 2 atom stereocenters. The number of aryl methyl sites for hydroxylation is 1. The molecule has 0 aromatic heterocycles. The summed E-state index contributed by atoms with van der Waals surface area (Å²) in [6.45, 7) is 4.78. The molecule has 1 nitrogen and oxygen atoms in total. The minimum Gasteiger partial charge on any atom is -0.344 e. The van der Waals surface area contributed by atoms with Crippen LogP contribution in [0.1, 0.15) is 36.1 Å². The molecule has 4 aromatic carbocycles. The molecule has 182 valence electrons. The Morgan fingerprint density at radius 1 is 0.889 bits per heavy atom. The lowest BCUT2D eigenvalue weighted by molar-refractivity contribution is 0.496. The number of allylic oxidation sites excluding steroid dienone is 2. The molecular formula is C34H34IN. The van der Waals surface area contributed by atoms with Gasteiger partial charge in [-0.3, -0.25) is 0 Å². The number of alkyl halides is 1.